The Labute approximate surface area is 152 Å². The van der Waals surface area contributed by atoms with Crippen LogP contribution in [0.1, 0.15) is 31.0 Å². The van der Waals surface area contributed by atoms with Crippen LogP contribution >= 0.6 is 0 Å². The first-order chi connectivity index (χ1) is 12.5. The van der Waals surface area contributed by atoms with Gasteiger partial charge in [-0.1, -0.05) is 32.0 Å². The summed E-state index contributed by atoms with van der Waals surface area (Å²) in [6.07, 6.45) is 5.06. The molecule has 0 unspecified atom stereocenters. The monoisotopic (exact) mass is 355 g/mol. The first kappa shape index (κ1) is 17.9. The van der Waals surface area contributed by atoms with Crippen LogP contribution in [0.5, 0.6) is 0 Å². The number of carbonyl (C=O) groups is 1. The van der Waals surface area contributed by atoms with Gasteiger partial charge in [-0.3, -0.25) is 4.79 Å². The van der Waals surface area contributed by atoms with Crippen LogP contribution in [0.15, 0.2) is 59.5 Å². The molecule has 1 aromatic carbocycles. The fourth-order valence-corrected chi connectivity index (χ4v) is 2.78. The number of hydrogen-bond acceptors (Lipinski definition) is 3. The van der Waals surface area contributed by atoms with Crippen LogP contribution in [0.25, 0.3) is 0 Å². The van der Waals surface area contributed by atoms with E-state index in [9.17, 15) is 9.18 Å². The molecule has 0 radical (unpaired) electrons. The fraction of sp³-hybridized carbons (Fsp3) is 0.300. The van der Waals surface area contributed by atoms with Gasteiger partial charge in [-0.25, -0.2) is 9.37 Å². The van der Waals surface area contributed by atoms with Gasteiger partial charge in [-0.05, 0) is 18.2 Å². The zero-order valence-electron chi connectivity index (χ0n) is 14.9. The van der Waals surface area contributed by atoms with Crippen LogP contribution in [-0.4, -0.2) is 20.4 Å². The molecule has 0 aliphatic heterocycles. The highest BCUT2D eigenvalue weighted by molar-refractivity contribution is 5.78. The number of furan rings is 1. The van der Waals surface area contributed by atoms with E-state index >= 15 is 0 Å². The lowest BCUT2D eigenvalue weighted by atomic mass is 10.2. The first-order valence-electron chi connectivity index (χ1n) is 8.59. The van der Waals surface area contributed by atoms with Crippen molar-refractivity contribution >= 4 is 5.91 Å². The number of imidazole rings is 1. The van der Waals surface area contributed by atoms with Crippen molar-refractivity contribution in [3.8, 4) is 0 Å². The fourth-order valence-electron chi connectivity index (χ4n) is 2.78. The zero-order chi connectivity index (χ0) is 18.5. The lowest BCUT2D eigenvalue weighted by Crippen LogP contribution is -2.34. The third-order valence-electron chi connectivity index (χ3n) is 4.16. The maximum Gasteiger partial charge on any atom is 0.225 e. The predicted molar refractivity (Wildman–Crippen MR) is 95.5 cm³/mol. The Bertz CT molecular complexity index is 856. The lowest BCUT2D eigenvalue weighted by molar-refractivity contribution is -0.136. The summed E-state index contributed by atoms with van der Waals surface area (Å²) in [7, 11) is 0. The minimum Gasteiger partial charge on any atom is -0.467 e. The molecule has 0 N–H and O–H groups in total. The summed E-state index contributed by atoms with van der Waals surface area (Å²) >= 11 is 0. The Hall–Kier alpha value is -2.89. The molecule has 136 valence electrons. The van der Waals surface area contributed by atoms with Gasteiger partial charge in [-0.2, -0.15) is 0 Å². The van der Waals surface area contributed by atoms with E-state index in [1.54, 1.807) is 47.8 Å². The predicted octanol–water partition coefficient (Wildman–Crippen LogP) is 3.85. The van der Waals surface area contributed by atoms with Crippen molar-refractivity contribution in [1.82, 2.24) is 14.5 Å². The maximum absolute atomic E-state index is 14.0. The molecule has 0 saturated carbocycles. The van der Waals surface area contributed by atoms with Crippen LogP contribution in [0.4, 0.5) is 4.39 Å². The van der Waals surface area contributed by atoms with E-state index in [0.29, 0.717) is 36.8 Å². The van der Waals surface area contributed by atoms with Crippen molar-refractivity contribution < 1.29 is 13.6 Å². The topological polar surface area (TPSA) is 51.3 Å². The highest BCUT2D eigenvalue weighted by Crippen LogP contribution is 2.15. The van der Waals surface area contributed by atoms with Crippen LogP contribution in [0.3, 0.4) is 0 Å². The van der Waals surface area contributed by atoms with E-state index in [1.165, 1.54) is 6.07 Å². The molecule has 2 heterocycles. The van der Waals surface area contributed by atoms with Gasteiger partial charge in [0, 0.05) is 23.9 Å². The molecule has 26 heavy (non-hydrogen) atoms. The third kappa shape index (κ3) is 4.20. The zero-order valence-corrected chi connectivity index (χ0v) is 14.9. The smallest absolute Gasteiger partial charge is 0.225 e. The van der Waals surface area contributed by atoms with Crippen LogP contribution < -0.4 is 0 Å². The van der Waals surface area contributed by atoms with Gasteiger partial charge in [0.1, 0.15) is 17.4 Å². The summed E-state index contributed by atoms with van der Waals surface area (Å²) in [4.78, 5) is 18.7. The molecular formula is C20H22FN3O2. The van der Waals surface area contributed by atoms with Gasteiger partial charge < -0.3 is 13.9 Å². The number of benzene rings is 1. The van der Waals surface area contributed by atoms with Gasteiger partial charge in [0.05, 0.1) is 25.9 Å². The van der Waals surface area contributed by atoms with Crippen LogP contribution in [-0.2, 0) is 24.4 Å². The summed E-state index contributed by atoms with van der Waals surface area (Å²) in [5.41, 5.74) is 0.583. The van der Waals surface area contributed by atoms with Crippen molar-refractivity contribution in [1.29, 1.82) is 0 Å². The second-order valence-electron chi connectivity index (χ2n) is 6.49. The molecule has 1 amide bonds. The number of halogens is 1. The highest BCUT2D eigenvalue weighted by atomic mass is 19.1. The summed E-state index contributed by atoms with van der Waals surface area (Å²) in [5.74, 6) is 1.04. The Morgan fingerprint density at radius 3 is 2.73 bits per heavy atom. The number of hydrogen-bond donors (Lipinski definition) is 0. The van der Waals surface area contributed by atoms with Crippen molar-refractivity contribution in [3.63, 3.8) is 0 Å². The van der Waals surface area contributed by atoms with Crippen molar-refractivity contribution in [3.05, 3.63) is 78.0 Å². The third-order valence-corrected chi connectivity index (χ3v) is 4.16. The van der Waals surface area contributed by atoms with E-state index in [2.05, 4.69) is 4.98 Å². The molecule has 6 heteroatoms. The number of amides is 1. The van der Waals surface area contributed by atoms with E-state index < -0.39 is 0 Å². The molecule has 0 aliphatic rings. The largest absolute Gasteiger partial charge is 0.467 e. The molecule has 2 aromatic heterocycles. The van der Waals surface area contributed by atoms with E-state index in [0.717, 1.165) is 0 Å². The Morgan fingerprint density at radius 1 is 1.23 bits per heavy atom. The summed E-state index contributed by atoms with van der Waals surface area (Å²) in [5, 5.41) is 0. The van der Waals surface area contributed by atoms with Crippen molar-refractivity contribution in [2.45, 2.75) is 33.5 Å². The van der Waals surface area contributed by atoms with Gasteiger partial charge in [0.2, 0.25) is 5.91 Å². The minimum absolute atomic E-state index is 0.0156. The summed E-state index contributed by atoms with van der Waals surface area (Å²) in [6.45, 7) is 4.80. The normalized spacial score (nSPS) is 11.1. The average Bonchev–Trinajstić information content (AvgIpc) is 3.28. The summed E-state index contributed by atoms with van der Waals surface area (Å²) in [6, 6.07) is 10.3. The Balaban J connectivity index is 1.80. The van der Waals surface area contributed by atoms with Gasteiger partial charge in [0.25, 0.3) is 0 Å². The van der Waals surface area contributed by atoms with Crippen molar-refractivity contribution in [2.75, 3.05) is 0 Å². The second kappa shape index (κ2) is 7.99. The second-order valence-corrected chi connectivity index (χ2v) is 6.49. The van der Waals surface area contributed by atoms with E-state index in [-0.39, 0.29) is 17.6 Å². The molecule has 0 spiro atoms. The number of rotatable bonds is 7. The average molecular weight is 355 g/mol. The number of nitrogens with zero attached hydrogens (tertiary/aromatic N) is 3. The van der Waals surface area contributed by atoms with Gasteiger partial charge in [0.15, 0.2) is 0 Å². The quantitative estimate of drug-likeness (QED) is 0.647. The van der Waals surface area contributed by atoms with Crippen molar-refractivity contribution in [2.24, 2.45) is 5.92 Å². The molecule has 3 rings (SSSR count). The standard InChI is InChI=1S/C20H22FN3O2/c1-15(2)20(25)24(13-17-7-5-11-26-17)14-19-22-9-10-23(19)12-16-6-3-4-8-18(16)21/h3-11,15H,12-14H2,1-2H3. The number of aromatic nitrogens is 2. The van der Waals surface area contributed by atoms with E-state index in [1.807, 2.05) is 24.5 Å². The van der Waals surface area contributed by atoms with Gasteiger partial charge >= 0.3 is 0 Å². The maximum atomic E-state index is 14.0. The molecule has 0 aliphatic carbocycles. The molecular weight excluding hydrogens is 333 g/mol. The molecule has 0 fully saturated rings. The van der Waals surface area contributed by atoms with Crippen LogP contribution in [0.2, 0.25) is 0 Å². The van der Waals surface area contributed by atoms with E-state index in [4.69, 9.17) is 4.42 Å². The highest BCUT2D eigenvalue weighted by Gasteiger charge is 2.21. The molecule has 0 atom stereocenters. The SMILES string of the molecule is CC(C)C(=O)N(Cc1ccco1)Cc1nccn1Cc1ccccc1F. The van der Waals surface area contributed by atoms with Crippen LogP contribution in [0, 0.1) is 11.7 Å². The minimum atomic E-state index is -0.252. The number of carbonyl (C=O) groups excluding carboxylic acids is 1. The first-order valence-corrected chi connectivity index (χ1v) is 8.59. The molecule has 0 saturated heterocycles. The Morgan fingerprint density at radius 2 is 2.04 bits per heavy atom. The Kier molecular flexibility index (Phi) is 5.51. The van der Waals surface area contributed by atoms with Gasteiger partial charge in [-0.15, -0.1) is 0 Å². The lowest BCUT2D eigenvalue weighted by Gasteiger charge is -2.24. The molecule has 5 nitrogen and oxygen atoms in total. The summed E-state index contributed by atoms with van der Waals surface area (Å²) < 4.78 is 21.2. The molecule has 0 bridgehead atoms. The molecule has 3 aromatic rings.